The van der Waals surface area contributed by atoms with E-state index in [1.165, 1.54) is 23.7 Å². The zero-order valence-electron chi connectivity index (χ0n) is 20.2. The third-order valence-electron chi connectivity index (χ3n) is 6.53. The smallest absolute Gasteiger partial charge is 0.339 e. The zero-order valence-corrected chi connectivity index (χ0v) is 20.2. The molecule has 0 spiro atoms. The van der Waals surface area contributed by atoms with Gasteiger partial charge in [-0.25, -0.2) is 14.8 Å². The summed E-state index contributed by atoms with van der Waals surface area (Å²) in [6, 6.07) is 16.9. The Kier molecular flexibility index (Phi) is 7.46. The van der Waals surface area contributed by atoms with Crippen molar-refractivity contribution in [2.45, 2.75) is 65.0 Å². The number of benzene rings is 2. The van der Waals surface area contributed by atoms with Crippen LogP contribution in [0.3, 0.4) is 0 Å². The van der Waals surface area contributed by atoms with Crippen LogP contribution in [0.4, 0.5) is 5.95 Å². The van der Waals surface area contributed by atoms with Gasteiger partial charge in [0.25, 0.3) is 0 Å². The van der Waals surface area contributed by atoms with Gasteiger partial charge in [-0.2, -0.15) is 0 Å². The van der Waals surface area contributed by atoms with Crippen molar-refractivity contribution in [1.29, 1.82) is 0 Å². The summed E-state index contributed by atoms with van der Waals surface area (Å²) in [6.07, 6.45) is 5.64. The summed E-state index contributed by atoms with van der Waals surface area (Å²) in [5.41, 5.74) is 3.95. The summed E-state index contributed by atoms with van der Waals surface area (Å²) < 4.78 is 6.10. The molecular formula is C28H33N3O3. The number of hydrogen-bond donors (Lipinski definition) is 1. The maximum absolute atomic E-state index is 11.9. The monoisotopic (exact) mass is 459 g/mol. The molecule has 4 rings (SSSR count). The normalized spacial score (nSPS) is 16.0. The number of nitrogens with zero attached hydrogens (tertiary/aromatic N) is 3. The van der Waals surface area contributed by atoms with Gasteiger partial charge in [-0.15, -0.1) is 0 Å². The molecule has 1 aliphatic heterocycles. The lowest BCUT2D eigenvalue weighted by atomic mass is 9.96. The minimum absolute atomic E-state index is 0.0801. The first-order valence-electron chi connectivity index (χ1n) is 12.1. The second-order valence-corrected chi connectivity index (χ2v) is 9.34. The fourth-order valence-corrected chi connectivity index (χ4v) is 4.47. The summed E-state index contributed by atoms with van der Waals surface area (Å²) in [7, 11) is 0. The Morgan fingerprint density at radius 1 is 1.18 bits per heavy atom. The lowest BCUT2D eigenvalue weighted by Crippen LogP contribution is -2.42. The maximum Gasteiger partial charge on any atom is 0.339 e. The molecule has 1 atom stereocenters. The van der Waals surface area contributed by atoms with Crippen molar-refractivity contribution in [1.82, 2.24) is 9.97 Å². The number of carbonyl (C=O) groups is 1. The molecule has 178 valence electrons. The fraction of sp³-hybridized carbons (Fsp3) is 0.393. The summed E-state index contributed by atoms with van der Waals surface area (Å²) in [6.45, 7) is 7.21. The predicted molar refractivity (Wildman–Crippen MR) is 134 cm³/mol. The summed E-state index contributed by atoms with van der Waals surface area (Å²) >= 11 is 0. The van der Waals surface area contributed by atoms with Gasteiger partial charge in [-0.3, -0.25) is 0 Å². The van der Waals surface area contributed by atoms with Crippen LogP contribution in [0.25, 0.3) is 0 Å². The van der Waals surface area contributed by atoms with Crippen LogP contribution in [-0.2, 0) is 13.0 Å². The Morgan fingerprint density at radius 3 is 2.71 bits per heavy atom. The van der Waals surface area contributed by atoms with E-state index >= 15 is 0 Å². The van der Waals surface area contributed by atoms with Gasteiger partial charge in [0.15, 0.2) is 0 Å². The van der Waals surface area contributed by atoms with Crippen LogP contribution in [-0.4, -0.2) is 33.6 Å². The van der Waals surface area contributed by atoms with E-state index in [1.807, 2.05) is 25.1 Å². The van der Waals surface area contributed by atoms with Crippen LogP contribution in [0.1, 0.15) is 71.8 Å². The number of aromatic carboxylic acids is 1. The third kappa shape index (κ3) is 5.56. The first-order chi connectivity index (χ1) is 16.4. The van der Waals surface area contributed by atoms with Gasteiger partial charge in [0.1, 0.15) is 17.9 Å². The highest BCUT2D eigenvalue weighted by Crippen LogP contribution is 2.27. The van der Waals surface area contributed by atoms with Crippen LogP contribution < -0.4 is 9.64 Å². The van der Waals surface area contributed by atoms with E-state index in [9.17, 15) is 9.90 Å². The highest BCUT2D eigenvalue weighted by Gasteiger charge is 2.26. The lowest BCUT2D eigenvalue weighted by Gasteiger charge is -2.36. The number of ether oxygens (including phenoxy) is 1. The van der Waals surface area contributed by atoms with Gasteiger partial charge < -0.3 is 14.7 Å². The molecule has 0 saturated carbocycles. The maximum atomic E-state index is 11.9. The molecule has 3 aromatic rings. The highest BCUT2D eigenvalue weighted by molar-refractivity contribution is 5.88. The minimum Gasteiger partial charge on any atom is -0.487 e. The average molecular weight is 460 g/mol. The van der Waals surface area contributed by atoms with Crippen molar-refractivity contribution in [2.75, 3.05) is 11.4 Å². The van der Waals surface area contributed by atoms with Crippen molar-refractivity contribution >= 4 is 11.9 Å². The first kappa shape index (κ1) is 23.7. The Labute approximate surface area is 201 Å². The van der Waals surface area contributed by atoms with Crippen molar-refractivity contribution < 1.29 is 14.6 Å². The van der Waals surface area contributed by atoms with Crippen LogP contribution in [0.15, 0.2) is 54.7 Å². The number of aryl methyl sites for hydroxylation is 1. The van der Waals surface area contributed by atoms with Crippen LogP contribution in [0.2, 0.25) is 0 Å². The highest BCUT2D eigenvalue weighted by atomic mass is 16.5. The Bertz CT molecular complexity index is 1130. The molecule has 0 radical (unpaired) electrons. The van der Waals surface area contributed by atoms with Gasteiger partial charge in [-0.1, -0.05) is 56.3 Å². The molecule has 6 heteroatoms. The summed E-state index contributed by atoms with van der Waals surface area (Å²) in [4.78, 5) is 23.3. The zero-order chi connectivity index (χ0) is 24.1. The molecule has 1 aliphatic rings. The van der Waals surface area contributed by atoms with E-state index in [-0.39, 0.29) is 18.2 Å². The number of aromatic nitrogens is 2. The Balaban J connectivity index is 1.59. The van der Waals surface area contributed by atoms with Crippen molar-refractivity contribution in [2.24, 2.45) is 0 Å². The summed E-state index contributed by atoms with van der Waals surface area (Å²) in [5.74, 6) is 0.667. The standard InChI is InChI=1S/C28H33N3O3/c1-19(2)22-13-12-20(3)26(16-22)34-18-25-24(27(32)33)17-29-28(30-25)31-14-8-7-11-23(31)15-21-9-5-4-6-10-21/h4-6,9-10,12-13,16-17,19,23H,7-8,11,14-15,18H2,1-3H3,(H,32,33). The fourth-order valence-electron chi connectivity index (χ4n) is 4.47. The molecular weight excluding hydrogens is 426 g/mol. The van der Waals surface area contributed by atoms with Gasteiger partial charge >= 0.3 is 5.97 Å². The average Bonchev–Trinajstić information content (AvgIpc) is 2.84. The van der Waals surface area contributed by atoms with Crippen molar-refractivity contribution in [3.05, 3.63) is 82.7 Å². The minimum atomic E-state index is -1.04. The molecule has 0 bridgehead atoms. The number of carboxylic acid groups (broad SMARTS) is 1. The molecule has 0 aliphatic carbocycles. The molecule has 1 saturated heterocycles. The quantitative estimate of drug-likeness (QED) is 0.460. The number of rotatable bonds is 8. The van der Waals surface area contributed by atoms with Gasteiger partial charge in [-0.05, 0) is 61.3 Å². The third-order valence-corrected chi connectivity index (χ3v) is 6.53. The molecule has 6 nitrogen and oxygen atoms in total. The van der Waals surface area contributed by atoms with Gasteiger partial charge in [0, 0.05) is 18.8 Å². The van der Waals surface area contributed by atoms with E-state index in [1.54, 1.807) is 0 Å². The second kappa shape index (κ2) is 10.7. The van der Waals surface area contributed by atoms with E-state index in [0.717, 1.165) is 37.1 Å². The van der Waals surface area contributed by atoms with Crippen molar-refractivity contribution in [3.63, 3.8) is 0 Å². The topological polar surface area (TPSA) is 75.5 Å². The van der Waals surface area contributed by atoms with Gasteiger partial charge in [0.05, 0.1) is 5.69 Å². The van der Waals surface area contributed by atoms with E-state index in [2.05, 4.69) is 54.1 Å². The molecule has 2 aromatic carbocycles. The van der Waals surface area contributed by atoms with E-state index in [4.69, 9.17) is 9.72 Å². The number of hydrogen-bond acceptors (Lipinski definition) is 5. The molecule has 34 heavy (non-hydrogen) atoms. The molecule has 1 aromatic heterocycles. The van der Waals surface area contributed by atoms with Crippen molar-refractivity contribution in [3.8, 4) is 5.75 Å². The van der Waals surface area contributed by atoms with E-state index < -0.39 is 5.97 Å². The molecule has 2 heterocycles. The Hall–Kier alpha value is -3.41. The predicted octanol–water partition coefficient (Wildman–Crippen LogP) is 5.79. The van der Waals surface area contributed by atoms with Crippen LogP contribution >= 0.6 is 0 Å². The molecule has 1 fully saturated rings. The SMILES string of the molecule is Cc1ccc(C(C)C)cc1OCc1nc(N2CCCCC2Cc2ccccc2)ncc1C(=O)O. The van der Waals surface area contributed by atoms with E-state index in [0.29, 0.717) is 17.6 Å². The number of carboxylic acids is 1. The first-order valence-corrected chi connectivity index (χ1v) is 12.1. The largest absolute Gasteiger partial charge is 0.487 e. The molecule has 1 unspecified atom stereocenters. The Morgan fingerprint density at radius 2 is 1.97 bits per heavy atom. The molecule has 0 amide bonds. The molecule has 1 N–H and O–H groups in total. The van der Waals surface area contributed by atoms with Crippen LogP contribution in [0.5, 0.6) is 5.75 Å². The van der Waals surface area contributed by atoms with Crippen LogP contribution in [0, 0.1) is 6.92 Å². The second-order valence-electron chi connectivity index (χ2n) is 9.34. The summed E-state index contributed by atoms with van der Waals surface area (Å²) in [5, 5.41) is 9.73. The number of anilines is 1. The van der Waals surface area contributed by atoms with Gasteiger partial charge in [0.2, 0.25) is 5.95 Å². The number of piperidine rings is 1. The lowest BCUT2D eigenvalue weighted by molar-refractivity contribution is 0.0692.